The van der Waals surface area contributed by atoms with Gasteiger partial charge in [0.05, 0.1) is 0 Å². The van der Waals surface area contributed by atoms with Crippen molar-refractivity contribution < 1.29 is 13.2 Å². The molecule has 0 aliphatic rings. The molecule has 0 fully saturated rings. The molecular weight excluding hydrogens is 203 g/mol. The maximum atomic E-state index is 12.2. The highest BCUT2D eigenvalue weighted by molar-refractivity contribution is 5.26. The summed E-state index contributed by atoms with van der Waals surface area (Å²) in [7, 11) is 0. The third kappa shape index (κ3) is 1.20. The van der Waals surface area contributed by atoms with Crippen molar-refractivity contribution >= 4 is 11.7 Å². The van der Waals surface area contributed by atoms with E-state index in [0.29, 0.717) is 4.52 Å². The highest BCUT2D eigenvalue weighted by atomic mass is 19.4. The number of hydrogen-bond acceptors (Lipinski definition) is 6. The Morgan fingerprint density at radius 2 is 1.71 bits per heavy atom. The minimum Gasteiger partial charge on any atom is -0.365 e. The molecule has 2 aromatic heterocycles. The zero-order valence-electron chi connectivity index (χ0n) is 6.39. The van der Waals surface area contributed by atoms with Crippen molar-refractivity contribution in [3.63, 3.8) is 0 Å². The van der Waals surface area contributed by atoms with Crippen LogP contribution < -0.4 is 5.73 Å². The van der Waals surface area contributed by atoms with Crippen molar-refractivity contribution in [2.45, 2.75) is 6.18 Å². The molecule has 0 saturated heterocycles. The van der Waals surface area contributed by atoms with Gasteiger partial charge in [0.1, 0.15) is 0 Å². The summed E-state index contributed by atoms with van der Waals surface area (Å²) in [5.74, 6) is -2.02. The Hall–Kier alpha value is -2.00. The lowest BCUT2D eigenvalue weighted by Gasteiger charge is -2.01. The van der Waals surface area contributed by atoms with E-state index in [4.69, 9.17) is 5.73 Å². The summed E-state index contributed by atoms with van der Waals surface area (Å²) in [4.78, 5) is 0. The summed E-state index contributed by atoms with van der Waals surface area (Å²) >= 11 is 0. The molecule has 0 saturated carbocycles. The van der Waals surface area contributed by atoms with Crippen molar-refractivity contribution in [2.24, 2.45) is 0 Å². The molecule has 2 aromatic rings. The van der Waals surface area contributed by atoms with Crippen LogP contribution >= 0.6 is 0 Å². The van der Waals surface area contributed by atoms with Crippen LogP contribution in [0.4, 0.5) is 19.1 Å². The van der Waals surface area contributed by atoms with Crippen LogP contribution in [0.2, 0.25) is 0 Å². The van der Waals surface area contributed by atoms with Crippen LogP contribution in [0.3, 0.4) is 0 Å². The molecule has 0 aliphatic carbocycles. The van der Waals surface area contributed by atoms with Crippen LogP contribution in [0.15, 0.2) is 0 Å². The summed E-state index contributed by atoms with van der Waals surface area (Å²) in [5, 5.41) is 15.8. The van der Waals surface area contributed by atoms with Gasteiger partial charge in [-0.3, -0.25) is 0 Å². The Labute approximate surface area is 73.8 Å². The van der Waals surface area contributed by atoms with E-state index in [1.807, 2.05) is 0 Å². The lowest BCUT2D eigenvalue weighted by molar-refractivity contribution is -0.146. The van der Waals surface area contributed by atoms with Gasteiger partial charge in [-0.25, -0.2) is 0 Å². The fraction of sp³-hybridized carbons (Fsp3) is 0.250. The lowest BCUT2D eigenvalue weighted by atomic mass is 10.6. The minimum absolute atomic E-state index is 0.355. The molecule has 0 bridgehead atoms. The Kier molecular flexibility index (Phi) is 1.53. The number of rotatable bonds is 0. The highest BCUT2D eigenvalue weighted by Crippen LogP contribution is 2.26. The minimum atomic E-state index is -4.65. The second-order valence-electron chi connectivity index (χ2n) is 2.29. The third-order valence-electron chi connectivity index (χ3n) is 1.32. The summed E-state index contributed by atoms with van der Waals surface area (Å²) in [6.45, 7) is 0. The van der Waals surface area contributed by atoms with E-state index < -0.39 is 12.0 Å². The number of halogens is 3. The first kappa shape index (κ1) is 8.59. The molecule has 0 atom stereocenters. The molecule has 2 heterocycles. The Bertz CT molecular complexity index is 473. The van der Waals surface area contributed by atoms with Gasteiger partial charge in [0.2, 0.25) is 0 Å². The molecular formula is C4H2F3N7. The van der Waals surface area contributed by atoms with E-state index >= 15 is 0 Å². The molecule has 0 spiro atoms. The Morgan fingerprint density at radius 3 is 2.36 bits per heavy atom. The van der Waals surface area contributed by atoms with Gasteiger partial charge in [-0.1, -0.05) is 0 Å². The SMILES string of the molecule is Nc1nnc2nnc(C(F)(F)F)n2n1. The zero-order chi connectivity index (χ0) is 10.3. The highest BCUT2D eigenvalue weighted by Gasteiger charge is 2.38. The van der Waals surface area contributed by atoms with Gasteiger partial charge in [0.15, 0.2) is 0 Å². The molecule has 2 N–H and O–H groups in total. The Morgan fingerprint density at radius 1 is 1.07 bits per heavy atom. The van der Waals surface area contributed by atoms with Crippen LogP contribution in [0.25, 0.3) is 5.78 Å². The third-order valence-corrected chi connectivity index (χ3v) is 1.32. The number of anilines is 1. The molecule has 2 rings (SSSR count). The van der Waals surface area contributed by atoms with Crippen LogP contribution in [0.1, 0.15) is 5.82 Å². The number of nitrogens with zero attached hydrogens (tertiary/aromatic N) is 6. The molecule has 0 radical (unpaired) electrons. The number of fused-ring (bicyclic) bond motifs is 1. The molecule has 0 unspecified atom stereocenters. The maximum Gasteiger partial charge on any atom is 0.453 e. The smallest absolute Gasteiger partial charge is 0.365 e. The summed E-state index contributed by atoms with van der Waals surface area (Å²) in [5.41, 5.74) is 5.07. The first-order valence-electron chi connectivity index (χ1n) is 3.27. The van der Waals surface area contributed by atoms with E-state index in [1.165, 1.54) is 0 Å². The van der Waals surface area contributed by atoms with Crippen molar-refractivity contribution in [1.29, 1.82) is 0 Å². The molecule has 0 aliphatic heterocycles. The summed E-state index contributed by atoms with van der Waals surface area (Å²) in [6, 6.07) is 0. The fourth-order valence-corrected chi connectivity index (χ4v) is 0.821. The van der Waals surface area contributed by atoms with Gasteiger partial charge in [0, 0.05) is 0 Å². The lowest BCUT2D eigenvalue weighted by Crippen LogP contribution is -2.14. The van der Waals surface area contributed by atoms with Crippen LogP contribution in [-0.4, -0.2) is 30.0 Å². The van der Waals surface area contributed by atoms with E-state index in [-0.39, 0.29) is 11.7 Å². The number of nitrogens with two attached hydrogens (primary N) is 1. The predicted octanol–water partition coefficient (Wildman–Crippen LogP) is -0.485. The van der Waals surface area contributed by atoms with Crippen molar-refractivity contribution in [3.8, 4) is 0 Å². The standard InChI is InChI=1S/C4H2F3N7/c5-4(6,7)1-9-11-3-12-10-2(8)13-14(1)3/h(H2,8,13). The second-order valence-corrected chi connectivity index (χ2v) is 2.29. The van der Waals surface area contributed by atoms with E-state index in [0.717, 1.165) is 0 Å². The van der Waals surface area contributed by atoms with Gasteiger partial charge >= 0.3 is 6.18 Å². The van der Waals surface area contributed by atoms with Gasteiger partial charge in [-0.15, -0.1) is 25.5 Å². The monoisotopic (exact) mass is 205 g/mol. The molecule has 7 nitrogen and oxygen atoms in total. The molecule has 14 heavy (non-hydrogen) atoms. The van der Waals surface area contributed by atoms with Crippen LogP contribution in [-0.2, 0) is 6.18 Å². The first-order valence-corrected chi connectivity index (χ1v) is 3.27. The first-order chi connectivity index (χ1) is 6.48. The van der Waals surface area contributed by atoms with Crippen molar-refractivity contribution in [2.75, 3.05) is 5.73 Å². The number of nitrogen functional groups attached to an aromatic ring is 1. The Balaban J connectivity index is 2.73. The normalized spacial score (nSPS) is 12.2. The average molecular weight is 205 g/mol. The number of alkyl halides is 3. The molecule has 10 heteroatoms. The predicted molar refractivity (Wildman–Crippen MR) is 35.8 cm³/mol. The quantitative estimate of drug-likeness (QED) is 0.623. The fourth-order valence-electron chi connectivity index (χ4n) is 0.821. The van der Waals surface area contributed by atoms with Gasteiger partial charge < -0.3 is 5.73 Å². The van der Waals surface area contributed by atoms with Crippen LogP contribution in [0, 0.1) is 0 Å². The largest absolute Gasteiger partial charge is 0.453 e. The van der Waals surface area contributed by atoms with Crippen molar-refractivity contribution in [3.05, 3.63) is 5.82 Å². The average Bonchev–Trinajstić information content (AvgIpc) is 2.45. The zero-order valence-corrected chi connectivity index (χ0v) is 6.39. The summed E-state index contributed by atoms with van der Waals surface area (Å²) in [6.07, 6.45) is -4.65. The number of aromatic nitrogens is 6. The second kappa shape index (κ2) is 2.49. The molecule has 0 amide bonds. The van der Waals surface area contributed by atoms with Crippen LogP contribution in [0.5, 0.6) is 0 Å². The van der Waals surface area contributed by atoms with E-state index in [1.54, 1.807) is 0 Å². The van der Waals surface area contributed by atoms with E-state index in [9.17, 15) is 13.2 Å². The summed E-state index contributed by atoms with van der Waals surface area (Å²) < 4.78 is 37.1. The van der Waals surface area contributed by atoms with E-state index in [2.05, 4.69) is 25.5 Å². The topological polar surface area (TPSA) is 94.9 Å². The molecule has 74 valence electrons. The van der Waals surface area contributed by atoms with Crippen molar-refractivity contribution in [1.82, 2.24) is 30.0 Å². The van der Waals surface area contributed by atoms with Gasteiger partial charge in [-0.05, 0) is 0 Å². The number of hydrogen-bond donors (Lipinski definition) is 1. The molecule has 0 aromatic carbocycles. The van der Waals surface area contributed by atoms with Gasteiger partial charge in [0.25, 0.3) is 17.6 Å². The maximum absolute atomic E-state index is 12.2. The van der Waals surface area contributed by atoms with Gasteiger partial charge in [-0.2, -0.15) is 17.7 Å².